The molecule has 1 heteroatoms. The maximum absolute atomic E-state index is 3.86. The van der Waals surface area contributed by atoms with Gasteiger partial charge in [0.15, 0.2) is 0 Å². The average molecular weight is 207 g/mol. The minimum absolute atomic E-state index is 0.868. The highest BCUT2D eigenvalue weighted by atomic mass is 15.1. The lowest BCUT2D eigenvalue weighted by atomic mass is 9.95. The molecule has 1 aliphatic rings. The monoisotopic (exact) mass is 207 g/mol. The smallest absolute Gasteiger partial charge is 0.0160 e. The Kier molecular flexibility index (Phi) is 6.42. The molecule has 0 aromatic heterocycles. The minimum atomic E-state index is 0.868. The van der Waals surface area contributed by atoms with Gasteiger partial charge in [0.1, 0.15) is 0 Å². The number of rotatable bonds is 4. The van der Waals surface area contributed by atoms with Gasteiger partial charge in [0.05, 0.1) is 0 Å². The van der Waals surface area contributed by atoms with Crippen LogP contribution >= 0.6 is 0 Å². The SMILES string of the molecule is C=CCC1CCCCCN(CC=C)CC1. The molecular formula is C14H25N. The highest BCUT2D eigenvalue weighted by Gasteiger charge is 2.12. The van der Waals surface area contributed by atoms with Crippen molar-refractivity contribution in [1.29, 1.82) is 0 Å². The number of hydrogen-bond acceptors (Lipinski definition) is 1. The first-order valence-corrected chi connectivity index (χ1v) is 6.31. The van der Waals surface area contributed by atoms with Crippen LogP contribution in [0.25, 0.3) is 0 Å². The summed E-state index contributed by atoms with van der Waals surface area (Å²) in [4.78, 5) is 2.54. The van der Waals surface area contributed by atoms with Crippen molar-refractivity contribution in [1.82, 2.24) is 4.90 Å². The average Bonchev–Trinajstić information content (AvgIpc) is 2.33. The Morgan fingerprint density at radius 1 is 1.00 bits per heavy atom. The summed E-state index contributed by atoms with van der Waals surface area (Å²) in [5.74, 6) is 0.868. The second-order valence-corrected chi connectivity index (χ2v) is 4.62. The molecule has 0 aliphatic carbocycles. The molecule has 15 heavy (non-hydrogen) atoms. The second kappa shape index (κ2) is 7.70. The first-order chi connectivity index (χ1) is 7.36. The lowest BCUT2D eigenvalue weighted by Gasteiger charge is -2.21. The van der Waals surface area contributed by atoms with E-state index in [9.17, 15) is 0 Å². The molecule has 1 atom stereocenters. The van der Waals surface area contributed by atoms with Crippen molar-refractivity contribution in [3.63, 3.8) is 0 Å². The summed E-state index contributed by atoms with van der Waals surface area (Å²) in [6.45, 7) is 11.2. The van der Waals surface area contributed by atoms with Gasteiger partial charge >= 0.3 is 0 Å². The lowest BCUT2D eigenvalue weighted by Crippen LogP contribution is -2.26. The van der Waals surface area contributed by atoms with E-state index in [4.69, 9.17) is 0 Å². The van der Waals surface area contributed by atoms with Crippen molar-refractivity contribution in [2.75, 3.05) is 19.6 Å². The molecule has 1 rings (SSSR count). The summed E-state index contributed by atoms with van der Waals surface area (Å²) >= 11 is 0. The van der Waals surface area contributed by atoms with E-state index in [0.29, 0.717) is 0 Å². The zero-order valence-electron chi connectivity index (χ0n) is 9.96. The topological polar surface area (TPSA) is 3.24 Å². The summed E-state index contributed by atoms with van der Waals surface area (Å²) in [5, 5.41) is 0. The summed E-state index contributed by atoms with van der Waals surface area (Å²) in [5.41, 5.74) is 0. The third-order valence-electron chi connectivity index (χ3n) is 3.33. The molecule has 0 bridgehead atoms. The van der Waals surface area contributed by atoms with E-state index in [1.807, 2.05) is 6.08 Å². The van der Waals surface area contributed by atoms with E-state index in [-0.39, 0.29) is 0 Å². The van der Waals surface area contributed by atoms with Crippen LogP contribution in [0.5, 0.6) is 0 Å². The fraction of sp³-hybridized carbons (Fsp3) is 0.714. The van der Waals surface area contributed by atoms with Crippen molar-refractivity contribution in [3.8, 4) is 0 Å². The lowest BCUT2D eigenvalue weighted by molar-refractivity contribution is 0.279. The largest absolute Gasteiger partial charge is 0.300 e. The number of hydrogen-bond donors (Lipinski definition) is 0. The van der Waals surface area contributed by atoms with Crippen LogP contribution in [0.15, 0.2) is 25.3 Å². The molecule has 86 valence electrons. The Morgan fingerprint density at radius 2 is 1.87 bits per heavy atom. The van der Waals surface area contributed by atoms with Crippen LogP contribution in [0.4, 0.5) is 0 Å². The summed E-state index contributed by atoms with van der Waals surface area (Å²) in [7, 11) is 0. The maximum atomic E-state index is 3.86. The van der Waals surface area contributed by atoms with Gasteiger partial charge in [0, 0.05) is 6.54 Å². The van der Waals surface area contributed by atoms with Gasteiger partial charge in [0.25, 0.3) is 0 Å². The van der Waals surface area contributed by atoms with Crippen LogP contribution in [-0.4, -0.2) is 24.5 Å². The van der Waals surface area contributed by atoms with Gasteiger partial charge in [-0.3, -0.25) is 4.90 Å². The first kappa shape index (κ1) is 12.5. The Labute approximate surface area is 94.9 Å². The summed E-state index contributed by atoms with van der Waals surface area (Å²) in [6.07, 6.45) is 12.2. The Bertz CT molecular complexity index is 166. The van der Waals surface area contributed by atoms with Crippen molar-refractivity contribution in [3.05, 3.63) is 25.3 Å². The molecule has 1 fully saturated rings. The van der Waals surface area contributed by atoms with Gasteiger partial charge < -0.3 is 0 Å². The van der Waals surface area contributed by atoms with Gasteiger partial charge in [-0.1, -0.05) is 31.4 Å². The normalized spacial score (nSPS) is 24.9. The Morgan fingerprint density at radius 3 is 2.60 bits per heavy atom. The van der Waals surface area contributed by atoms with Crippen LogP contribution in [0, 0.1) is 5.92 Å². The van der Waals surface area contributed by atoms with E-state index in [1.54, 1.807) is 0 Å². The fourth-order valence-corrected chi connectivity index (χ4v) is 2.40. The highest BCUT2D eigenvalue weighted by molar-refractivity contribution is 4.78. The van der Waals surface area contributed by atoms with Gasteiger partial charge in [-0.15, -0.1) is 13.2 Å². The van der Waals surface area contributed by atoms with Gasteiger partial charge in [-0.25, -0.2) is 0 Å². The molecule has 0 aromatic rings. The molecule has 1 aliphatic heterocycles. The number of allylic oxidation sites excluding steroid dienone is 1. The molecule has 0 amide bonds. The van der Waals surface area contributed by atoms with E-state index < -0.39 is 0 Å². The van der Waals surface area contributed by atoms with Gasteiger partial charge in [0.2, 0.25) is 0 Å². The van der Waals surface area contributed by atoms with Crippen molar-refractivity contribution in [2.24, 2.45) is 5.92 Å². The van der Waals surface area contributed by atoms with Crippen LogP contribution in [0.1, 0.15) is 38.5 Å². The van der Waals surface area contributed by atoms with Crippen LogP contribution < -0.4 is 0 Å². The van der Waals surface area contributed by atoms with Crippen molar-refractivity contribution >= 4 is 0 Å². The molecule has 1 nitrogen and oxygen atoms in total. The quantitative estimate of drug-likeness (QED) is 0.636. The Balaban J connectivity index is 2.39. The highest BCUT2D eigenvalue weighted by Crippen LogP contribution is 2.20. The van der Waals surface area contributed by atoms with Crippen molar-refractivity contribution in [2.45, 2.75) is 38.5 Å². The molecule has 0 aromatic carbocycles. The third kappa shape index (κ3) is 5.17. The fourth-order valence-electron chi connectivity index (χ4n) is 2.40. The zero-order chi connectivity index (χ0) is 10.9. The summed E-state index contributed by atoms with van der Waals surface area (Å²) < 4.78 is 0. The second-order valence-electron chi connectivity index (χ2n) is 4.62. The molecule has 1 heterocycles. The molecule has 1 saturated heterocycles. The standard InChI is InChI=1S/C14H25N/c1-3-8-14-9-6-5-7-12-15(11-4-2)13-10-14/h3-4,14H,1-2,5-13H2. The van der Waals surface area contributed by atoms with E-state index in [1.165, 1.54) is 51.6 Å². The Hall–Kier alpha value is -0.560. The first-order valence-electron chi connectivity index (χ1n) is 6.31. The number of nitrogens with zero attached hydrogens (tertiary/aromatic N) is 1. The molecule has 0 spiro atoms. The zero-order valence-corrected chi connectivity index (χ0v) is 9.96. The molecular weight excluding hydrogens is 182 g/mol. The maximum Gasteiger partial charge on any atom is 0.0160 e. The summed E-state index contributed by atoms with van der Waals surface area (Å²) in [6, 6.07) is 0. The van der Waals surface area contributed by atoms with Crippen LogP contribution in [0.2, 0.25) is 0 Å². The molecule has 1 unspecified atom stereocenters. The predicted octanol–water partition coefficient (Wildman–Crippen LogP) is 3.63. The third-order valence-corrected chi connectivity index (χ3v) is 3.33. The van der Waals surface area contributed by atoms with Gasteiger partial charge in [-0.05, 0) is 38.3 Å². The molecule has 0 radical (unpaired) electrons. The van der Waals surface area contributed by atoms with Crippen LogP contribution in [0.3, 0.4) is 0 Å². The predicted molar refractivity (Wildman–Crippen MR) is 68.0 cm³/mol. The van der Waals surface area contributed by atoms with Gasteiger partial charge in [-0.2, -0.15) is 0 Å². The van der Waals surface area contributed by atoms with Crippen molar-refractivity contribution < 1.29 is 0 Å². The van der Waals surface area contributed by atoms with E-state index in [0.717, 1.165) is 12.5 Å². The molecule has 0 N–H and O–H groups in total. The molecule has 0 saturated carbocycles. The van der Waals surface area contributed by atoms with E-state index >= 15 is 0 Å². The minimum Gasteiger partial charge on any atom is -0.300 e. The van der Waals surface area contributed by atoms with Crippen LogP contribution in [-0.2, 0) is 0 Å². The van der Waals surface area contributed by atoms with E-state index in [2.05, 4.69) is 24.1 Å².